The first-order chi connectivity index (χ1) is 8.53. The van der Waals surface area contributed by atoms with Crippen molar-refractivity contribution in [1.82, 2.24) is 5.32 Å². The lowest BCUT2D eigenvalue weighted by molar-refractivity contribution is -0.115. The van der Waals surface area contributed by atoms with Gasteiger partial charge in [0.05, 0.1) is 6.54 Å². The molecule has 0 aliphatic heterocycles. The van der Waals surface area contributed by atoms with Gasteiger partial charge in [-0.05, 0) is 24.0 Å². The lowest BCUT2D eigenvalue weighted by Gasteiger charge is -2.23. The summed E-state index contributed by atoms with van der Waals surface area (Å²) in [5, 5.41) is 14.8. The molecular formula is C14H22N2O2. The third kappa shape index (κ3) is 5.80. The Morgan fingerprint density at radius 2 is 1.94 bits per heavy atom. The monoisotopic (exact) mass is 250 g/mol. The minimum absolute atomic E-state index is 0.00176. The van der Waals surface area contributed by atoms with Gasteiger partial charge in [0.2, 0.25) is 5.91 Å². The van der Waals surface area contributed by atoms with E-state index in [1.165, 1.54) is 0 Å². The second-order valence-electron chi connectivity index (χ2n) is 5.16. The zero-order valence-electron chi connectivity index (χ0n) is 11.1. The van der Waals surface area contributed by atoms with Gasteiger partial charge in [0.25, 0.3) is 0 Å². The molecule has 1 aromatic rings. The first-order valence-electron chi connectivity index (χ1n) is 6.20. The number of carbonyl (C=O) groups is 1. The molecule has 0 saturated carbocycles. The summed E-state index contributed by atoms with van der Waals surface area (Å²) in [6, 6.07) is 9.38. The number of nitrogens with one attached hydrogen (secondary N) is 2. The molecule has 18 heavy (non-hydrogen) atoms. The van der Waals surface area contributed by atoms with E-state index in [9.17, 15) is 4.79 Å². The average Bonchev–Trinajstić information content (AvgIpc) is 2.29. The van der Waals surface area contributed by atoms with Crippen LogP contribution in [-0.4, -0.2) is 30.7 Å². The molecule has 0 fully saturated rings. The molecule has 0 bridgehead atoms. The van der Waals surface area contributed by atoms with Crippen molar-refractivity contribution in [2.45, 2.75) is 20.3 Å². The van der Waals surface area contributed by atoms with Crippen LogP contribution in [0.2, 0.25) is 0 Å². The smallest absolute Gasteiger partial charge is 0.238 e. The molecule has 4 nitrogen and oxygen atoms in total. The molecule has 0 spiro atoms. The van der Waals surface area contributed by atoms with Crippen LogP contribution < -0.4 is 10.6 Å². The number of benzene rings is 1. The average molecular weight is 250 g/mol. The molecule has 1 amide bonds. The van der Waals surface area contributed by atoms with Gasteiger partial charge in [-0.1, -0.05) is 32.0 Å². The van der Waals surface area contributed by atoms with Crippen LogP contribution in [-0.2, 0) is 4.79 Å². The van der Waals surface area contributed by atoms with Gasteiger partial charge in [0.15, 0.2) is 0 Å². The minimum Gasteiger partial charge on any atom is -0.396 e. The Hall–Kier alpha value is -1.39. The molecule has 3 N–H and O–H groups in total. The van der Waals surface area contributed by atoms with Crippen LogP contribution in [0.5, 0.6) is 0 Å². The lowest BCUT2D eigenvalue weighted by atomic mass is 9.90. The van der Waals surface area contributed by atoms with Crippen molar-refractivity contribution in [2.24, 2.45) is 5.41 Å². The maximum absolute atomic E-state index is 11.6. The molecule has 0 aromatic heterocycles. The molecule has 4 heteroatoms. The third-order valence-corrected chi connectivity index (χ3v) is 2.74. The highest BCUT2D eigenvalue weighted by atomic mass is 16.3. The zero-order valence-corrected chi connectivity index (χ0v) is 11.1. The van der Waals surface area contributed by atoms with E-state index in [1.807, 2.05) is 30.3 Å². The molecular weight excluding hydrogens is 228 g/mol. The molecule has 0 saturated heterocycles. The highest BCUT2D eigenvalue weighted by Crippen LogP contribution is 2.17. The fourth-order valence-electron chi connectivity index (χ4n) is 1.63. The Morgan fingerprint density at radius 3 is 2.56 bits per heavy atom. The Labute approximate surface area is 108 Å². The summed E-state index contributed by atoms with van der Waals surface area (Å²) >= 11 is 0. The van der Waals surface area contributed by atoms with Gasteiger partial charge < -0.3 is 15.7 Å². The van der Waals surface area contributed by atoms with E-state index in [1.54, 1.807) is 0 Å². The minimum atomic E-state index is -0.0546. The largest absolute Gasteiger partial charge is 0.396 e. The standard InChI is InChI=1S/C14H22N2O2/c1-14(2,8-9-17)11-15-10-13(18)16-12-6-4-3-5-7-12/h3-7,15,17H,8-11H2,1-2H3,(H,16,18). The lowest BCUT2D eigenvalue weighted by Crippen LogP contribution is -2.35. The maximum atomic E-state index is 11.6. The Kier molecular flexibility index (Phi) is 5.82. The summed E-state index contributed by atoms with van der Waals surface area (Å²) in [5.41, 5.74) is 0.806. The Morgan fingerprint density at radius 1 is 1.28 bits per heavy atom. The number of para-hydroxylation sites is 1. The fraction of sp³-hybridized carbons (Fsp3) is 0.500. The number of aliphatic hydroxyl groups is 1. The van der Waals surface area contributed by atoms with Gasteiger partial charge in [-0.3, -0.25) is 4.79 Å². The highest BCUT2D eigenvalue weighted by molar-refractivity contribution is 5.92. The second kappa shape index (κ2) is 7.13. The number of aliphatic hydroxyl groups excluding tert-OH is 1. The third-order valence-electron chi connectivity index (χ3n) is 2.74. The van der Waals surface area contributed by atoms with Crippen molar-refractivity contribution >= 4 is 11.6 Å². The number of hydrogen-bond acceptors (Lipinski definition) is 3. The van der Waals surface area contributed by atoms with Crippen LogP contribution in [0.1, 0.15) is 20.3 Å². The van der Waals surface area contributed by atoms with E-state index in [0.29, 0.717) is 6.54 Å². The van der Waals surface area contributed by atoms with Crippen molar-refractivity contribution in [2.75, 3.05) is 25.0 Å². The molecule has 0 aliphatic carbocycles. The fourth-order valence-corrected chi connectivity index (χ4v) is 1.63. The number of anilines is 1. The summed E-state index contributed by atoms with van der Waals surface area (Å²) in [6.07, 6.45) is 0.723. The van der Waals surface area contributed by atoms with Gasteiger partial charge in [0.1, 0.15) is 0 Å². The van der Waals surface area contributed by atoms with E-state index in [4.69, 9.17) is 5.11 Å². The van der Waals surface area contributed by atoms with Crippen molar-refractivity contribution in [1.29, 1.82) is 0 Å². The van der Waals surface area contributed by atoms with Crippen molar-refractivity contribution in [3.63, 3.8) is 0 Å². The molecule has 0 aliphatic rings. The van der Waals surface area contributed by atoms with E-state index >= 15 is 0 Å². The predicted molar refractivity (Wildman–Crippen MR) is 73.4 cm³/mol. The predicted octanol–water partition coefficient (Wildman–Crippen LogP) is 1.62. The number of carbonyl (C=O) groups excluding carboxylic acids is 1. The normalized spacial score (nSPS) is 11.3. The van der Waals surface area contributed by atoms with Gasteiger partial charge in [0, 0.05) is 18.8 Å². The van der Waals surface area contributed by atoms with Crippen LogP contribution in [0.25, 0.3) is 0 Å². The van der Waals surface area contributed by atoms with E-state index in [-0.39, 0.29) is 24.5 Å². The SMILES string of the molecule is CC(C)(CCO)CNCC(=O)Nc1ccccc1. The summed E-state index contributed by atoms with van der Waals surface area (Å²) in [5.74, 6) is -0.0546. The van der Waals surface area contributed by atoms with Gasteiger partial charge in [-0.15, -0.1) is 0 Å². The van der Waals surface area contributed by atoms with Gasteiger partial charge in [-0.2, -0.15) is 0 Å². The summed E-state index contributed by atoms with van der Waals surface area (Å²) in [4.78, 5) is 11.6. The van der Waals surface area contributed by atoms with Crippen molar-refractivity contribution in [3.8, 4) is 0 Å². The van der Waals surface area contributed by atoms with E-state index in [2.05, 4.69) is 24.5 Å². The molecule has 1 aromatic carbocycles. The second-order valence-corrected chi connectivity index (χ2v) is 5.16. The Balaban J connectivity index is 2.26. The highest BCUT2D eigenvalue weighted by Gasteiger charge is 2.16. The molecule has 1 rings (SSSR count). The van der Waals surface area contributed by atoms with Crippen LogP contribution in [0.15, 0.2) is 30.3 Å². The van der Waals surface area contributed by atoms with Crippen molar-refractivity contribution < 1.29 is 9.90 Å². The first-order valence-corrected chi connectivity index (χ1v) is 6.20. The maximum Gasteiger partial charge on any atom is 0.238 e. The van der Waals surface area contributed by atoms with Crippen molar-refractivity contribution in [3.05, 3.63) is 30.3 Å². The summed E-state index contributed by atoms with van der Waals surface area (Å²) < 4.78 is 0. The molecule has 0 atom stereocenters. The van der Waals surface area contributed by atoms with Crippen LogP contribution in [0.3, 0.4) is 0 Å². The Bertz CT molecular complexity index is 363. The van der Waals surface area contributed by atoms with Crippen LogP contribution in [0, 0.1) is 5.41 Å². The quantitative estimate of drug-likeness (QED) is 0.689. The molecule has 100 valence electrons. The summed E-state index contributed by atoms with van der Waals surface area (Å²) in [6.45, 7) is 5.28. The van der Waals surface area contributed by atoms with Gasteiger partial charge >= 0.3 is 0 Å². The topological polar surface area (TPSA) is 61.4 Å². The molecule has 0 unspecified atom stereocenters. The molecule has 0 radical (unpaired) electrons. The van der Waals surface area contributed by atoms with Crippen LogP contribution >= 0.6 is 0 Å². The zero-order chi connectivity index (χ0) is 13.4. The van der Waals surface area contributed by atoms with Gasteiger partial charge in [-0.25, -0.2) is 0 Å². The number of amides is 1. The first kappa shape index (κ1) is 14.7. The van der Waals surface area contributed by atoms with E-state index < -0.39 is 0 Å². The summed E-state index contributed by atoms with van der Waals surface area (Å²) in [7, 11) is 0. The van der Waals surface area contributed by atoms with Crippen LogP contribution in [0.4, 0.5) is 5.69 Å². The number of rotatable bonds is 7. The number of hydrogen-bond donors (Lipinski definition) is 3. The molecule has 0 heterocycles. The van der Waals surface area contributed by atoms with E-state index in [0.717, 1.165) is 12.1 Å².